The molecule has 0 heterocycles. The number of esters is 1. The predicted octanol–water partition coefficient (Wildman–Crippen LogP) is 4.36. The summed E-state index contributed by atoms with van der Waals surface area (Å²) >= 11 is 0. The van der Waals surface area contributed by atoms with Crippen LogP contribution in [-0.4, -0.2) is 18.4 Å². The average Bonchev–Trinajstić information content (AvgIpc) is 2.89. The number of ether oxygens (including phenoxy) is 1. The fraction of sp³-hybridized carbons (Fsp3) is 0.545. The van der Waals surface area contributed by atoms with E-state index in [0.29, 0.717) is 13.0 Å². The zero-order valence-corrected chi connectivity index (χ0v) is 15.7. The molecule has 1 aromatic rings. The maximum atomic E-state index is 13.1. The van der Waals surface area contributed by atoms with Crippen LogP contribution >= 0.6 is 0 Å². The molecule has 2 bridgehead atoms. The standard InChI is InChI=1S/C22H28O3/c1-5-25-20(24)16(13-15-9-7-6-8-10-15)14-17-18-11-12-22(4,19(17)23)21(18,2)3/h6-10,14,16,18H,5,11-13H2,1-4H3/b17-14-/t16-,18-,22-/m1/s1. The summed E-state index contributed by atoms with van der Waals surface area (Å²) < 4.78 is 5.28. The first kappa shape index (κ1) is 17.9. The van der Waals surface area contributed by atoms with Crippen molar-refractivity contribution in [2.45, 2.75) is 47.0 Å². The summed E-state index contributed by atoms with van der Waals surface area (Å²) in [7, 11) is 0. The molecule has 3 nitrogen and oxygen atoms in total. The maximum Gasteiger partial charge on any atom is 0.313 e. The van der Waals surface area contributed by atoms with Gasteiger partial charge in [0, 0.05) is 5.41 Å². The predicted molar refractivity (Wildman–Crippen MR) is 98.0 cm³/mol. The van der Waals surface area contributed by atoms with E-state index in [1.54, 1.807) is 0 Å². The molecule has 3 atom stereocenters. The summed E-state index contributed by atoms with van der Waals surface area (Å²) in [5.41, 5.74) is 1.60. The monoisotopic (exact) mass is 340 g/mol. The molecule has 0 aliphatic heterocycles. The molecule has 2 aliphatic rings. The van der Waals surface area contributed by atoms with Crippen LogP contribution in [0.2, 0.25) is 0 Å². The van der Waals surface area contributed by atoms with E-state index in [0.717, 1.165) is 24.0 Å². The van der Waals surface area contributed by atoms with Crippen LogP contribution in [0.1, 0.15) is 46.1 Å². The van der Waals surface area contributed by atoms with Crippen molar-refractivity contribution in [3.05, 3.63) is 47.5 Å². The van der Waals surface area contributed by atoms with E-state index in [-0.39, 0.29) is 28.5 Å². The van der Waals surface area contributed by atoms with Gasteiger partial charge in [0.05, 0.1) is 12.5 Å². The average molecular weight is 340 g/mol. The molecular weight excluding hydrogens is 312 g/mol. The largest absolute Gasteiger partial charge is 0.466 e. The van der Waals surface area contributed by atoms with Crippen molar-refractivity contribution >= 4 is 11.8 Å². The number of carbonyl (C=O) groups excluding carboxylic acids is 2. The quantitative estimate of drug-likeness (QED) is 0.591. The summed E-state index contributed by atoms with van der Waals surface area (Å²) in [6.45, 7) is 8.65. The highest BCUT2D eigenvalue weighted by Crippen LogP contribution is 2.65. The summed E-state index contributed by atoms with van der Waals surface area (Å²) in [5.74, 6) is -0.161. The number of benzene rings is 1. The zero-order chi connectivity index (χ0) is 18.2. The number of hydrogen-bond donors (Lipinski definition) is 0. The maximum absolute atomic E-state index is 13.1. The normalized spacial score (nSPS) is 29.8. The number of Topliss-reactive ketones (excluding diaryl/α,β-unsaturated/α-hetero) is 1. The second kappa shape index (κ2) is 6.44. The fourth-order valence-electron chi connectivity index (χ4n) is 4.66. The van der Waals surface area contributed by atoms with Gasteiger partial charge in [0.15, 0.2) is 5.78 Å². The van der Waals surface area contributed by atoms with E-state index in [9.17, 15) is 9.59 Å². The zero-order valence-electron chi connectivity index (χ0n) is 15.7. The first-order chi connectivity index (χ1) is 11.8. The van der Waals surface area contributed by atoms with Crippen molar-refractivity contribution in [1.29, 1.82) is 0 Å². The van der Waals surface area contributed by atoms with Gasteiger partial charge in [-0.3, -0.25) is 9.59 Å². The van der Waals surface area contributed by atoms with E-state index in [4.69, 9.17) is 4.74 Å². The number of carbonyl (C=O) groups is 2. The number of hydrogen-bond acceptors (Lipinski definition) is 3. The van der Waals surface area contributed by atoms with Gasteiger partial charge in [0.25, 0.3) is 0 Å². The highest BCUT2D eigenvalue weighted by Gasteiger charge is 2.63. The second-order valence-electron chi connectivity index (χ2n) is 8.14. The molecule has 0 aromatic heterocycles. The Kier molecular flexibility index (Phi) is 4.61. The third kappa shape index (κ3) is 2.84. The summed E-state index contributed by atoms with van der Waals surface area (Å²) in [4.78, 5) is 25.6. The second-order valence-corrected chi connectivity index (χ2v) is 8.14. The van der Waals surface area contributed by atoms with Gasteiger partial charge in [0.2, 0.25) is 0 Å². The van der Waals surface area contributed by atoms with Crippen LogP contribution in [-0.2, 0) is 20.7 Å². The Bertz CT molecular complexity index is 701. The highest BCUT2D eigenvalue weighted by molar-refractivity contribution is 6.05. The lowest BCUT2D eigenvalue weighted by Gasteiger charge is -2.31. The van der Waals surface area contributed by atoms with Gasteiger partial charge in [-0.2, -0.15) is 0 Å². The minimum atomic E-state index is -0.403. The Morgan fingerprint density at radius 1 is 1.28 bits per heavy atom. The van der Waals surface area contributed by atoms with Crippen LogP contribution in [0.15, 0.2) is 42.0 Å². The molecule has 2 fully saturated rings. The minimum absolute atomic E-state index is 0.0398. The third-order valence-corrected chi connectivity index (χ3v) is 6.63. The van der Waals surface area contributed by atoms with Crippen molar-refractivity contribution in [3.8, 4) is 0 Å². The lowest BCUT2D eigenvalue weighted by molar-refractivity contribution is -0.146. The SMILES string of the molecule is CCOC(=O)[C@@H](/C=C1\C(=O)[C@@]2(C)CC[C@H]1C2(C)C)Cc1ccccc1. The molecule has 134 valence electrons. The Hall–Kier alpha value is -1.90. The number of rotatable bonds is 5. The van der Waals surface area contributed by atoms with Crippen molar-refractivity contribution in [2.75, 3.05) is 6.61 Å². The van der Waals surface area contributed by atoms with Crippen molar-refractivity contribution < 1.29 is 14.3 Å². The Morgan fingerprint density at radius 3 is 2.52 bits per heavy atom. The van der Waals surface area contributed by atoms with Crippen LogP contribution in [0.5, 0.6) is 0 Å². The first-order valence-electron chi connectivity index (χ1n) is 9.28. The molecule has 3 heteroatoms. The first-order valence-corrected chi connectivity index (χ1v) is 9.28. The Balaban J connectivity index is 1.93. The molecule has 0 spiro atoms. The number of fused-ring (bicyclic) bond motifs is 2. The van der Waals surface area contributed by atoms with Crippen LogP contribution < -0.4 is 0 Å². The lowest BCUT2D eigenvalue weighted by Crippen LogP contribution is -2.32. The van der Waals surface area contributed by atoms with Crippen molar-refractivity contribution in [2.24, 2.45) is 22.7 Å². The molecule has 0 amide bonds. The van der Waals surface area contributed by atoms with E-state index >= 15 is 0 Å². The summed E-state index contributed by atoms with van der Waals surface area (Å²) in [5, 5.41) is 0. The van der Waals surface area contributed by atoms with Crippen LogP contribution in [0.3, 0.4) is 0 Å². The molecule has 2 saturated carbocycles. The van der Waals surface area contributed by atoms with Gasteiger partial charge < -0.3 is 4.74 Å². The van der Waals surface area contributed by atoms with E-state index in [2.05, 4.69) is 20.8 Å². The summed E-state index contributed by atoms with van der Waals surface area (Å²) in [6.07, 6.45) is 4.47. The van der Waals surface area contributed by atoms with Gasteiger partial charge in [-0.05, 0) is 48.7 Å². The van der Waals surface area contributed by atoms with E-state index in [1.165, 1.54) is 0 Å². The van der Waals surface area contributed by atoms with Gasteiger partial charge in [-0.15, -0.1) is 0 Å². The molecule has 2 aliphatic carbocycles. The van der Waals surface area contributed by atoms with Gasteiger partial charge in [0.1, 0.15) is 0 Å². The smallest absolute Gasteiger partial charge is 0.313 e. The molecule has 0 N–H and O–H groups in total. The fourth-order valence-corrected chi connectivity index (χ4v) is 4.66. The van der Waals surface area contributed by atoms with E-state index < -0.39 is 5.92 Å². The van der Waals surface area contributed by atoms with Crippen LogP contribution in [0.25, 0.3) is 0 Å². The van der Waals surface area contributed by atoms with Crippen molar-refractivity contribution in [1.82, 2.24) is 0 Å². The lowest BCUT2D eigenvalue weighted by atomic mass is 9.70. The van der Waals surface area contributed by atoms with Crippen LogP contribution in [0, 0.1) is 22.7 Å². The van der Waals surface area contributed by atoms with Crippen LogP contribution in [0.4, 0.5) is 0 Å². The van der Waals surface area contributed by atoms with Gasteiger partial charge >= 0.3 is 5.97 Å². The molecule has 0 saturated heterocycles. The molecule has 25 heavy (non-hydrogen) atoms. The summed E-state index contributed by atoms with van der Waals surface area (Å²) in [6, 6.07) is 9.93. The number of allylic oxidation sites excluding steroid dienone is 1. The molecule has 0 radical (unpaired) electrons. The molecule has 3 rings (SSSR count). The molecule has 0 unspecified atom stereocenters. The highest BCUT2D eigenvalue weighted by atomic mass is 16.5. The third-order valence-electron chi connectivity index (χ3n) is 6.63. The minimum Gasteiger partial charge on any atom is -0.466 e. The Morgan fingerprint density at radius 2 is 1.96 bits per heavy atom. The van der Waals surface area contributed by atoms with E-state index in [1.807, 2.05) is 43.3 Å². The van der Waals surface area contributed by atoms with Gasteiger partial charge in [-0.1, -0.05) is 57.2 Å². The molecular formula is C22H28O3. The number of ketones is 1. The Labute approximate surface area is 150 Å². The topological polar surface area (TPSA) is 43.4 Å². The van der Waals surface area contributed by atoms with Crippen molar-refractivity contribution in [3.63, 3.8) is 0 Å². The molecule has 1 aromatic carbocycles. The van der Waals surface area contributed by atoms with Gasteiger partial charge in [-0.25, -0.2) is 0 Å².